The molecule has 1 aliphatic heterocycles. The Balaban J connectivity index is 1.52. The molecule has 2 aromatic rings. The number of hydrogen-bond acceptors (Lipinski definition) is 5. The third-order valence-corrected chi connectivity index (χ3v) is 6.13. The Kier molecular flexibility index (Phi) is 7.65. The van der Waals surface area contributed by atoms with E-state index in [1.165, 1.54) is 16.7 Å². The molecule has 1 heterocycles. The fourth-order valence-electron chi connectivity index (χ4n) is 2.52. The zero-order valence-electron chi connectivity index (χ0n) is 15.4. The summed E-state index contributed by atoms with van der Waals surface area (Å²) >= 11 is 15.6. The van der Waals surface area contributed by atoms with Crippen LogP contribution < -0.4 is 10.9 Å². The van der Waals surface area contributed by atoms with Crippen molar-refractivity contribution in [2.45, 2.75) is 6.42 Å². The van der Waals surface area contributed by atoms with Crippen molar-refractivity contribution < 1.29 is 14.4 Å². The van der Waals surface area contributed by atoms with Crippen LogP contribution in [-0.4, -0.2) is 33.5 Å². The van der Waals surface area contributed by atoms with Gasteiger partial charge in [0.05, 0.1) is 4.91 Å². The smallest absolute Gasteiger partial charge is 0.269 e. The van der Waals surface area contributed by atoms with Crippen molar-refractivity contribution in [1.82, 2.24) is 15.8 Å². The Labute approximate surface area is 196 Å². The van der Waals surface area contributed by atoms with Gasteiger partial charge >= 0.3 is 0 Å². The lowest BCUT2D eigenvalue weighted by atomic mass is 10.2. The Bertz CT molecular complexity index is 1040. The summed E-state index contributed by atoms with van der Waals surface area (Å²) in [5.74, 6) is -1.16. The molecule has 3 amide bonds. The highest BCUT2D eigenvalue weighted by Crippen LogP contribution is 2.32. The Morgan fingerprint density at radius 3 is 2.60 bits per heavy atom. The van der Waals surface area contributed by atoms with Crippen LogP contribution in [0.1, 0.15) is 22.3 Å². The van der Waals surface area contributed by atoms with Crippen molar-refractivity contribution in [3.05, 3.63) is 74.1 Å². The SMILES string of the molecule is O=C(CCN1C(=O)/C(=C/c2cccc(Br)c2)SC1=S)NNC(=O)c1ccc(Cl)cc1. The maximum atomic E-state index is 12.6. The number of benzene rings is 2. The number of nitrogens with zero attached hydrogens (tertiary/aromatic N) is 1. The largest absolute Gasteiger partial charge is 0.292 e. The molecular weight excluding hydrogens is 510 g/mol. The predicted molar refractivity (Wildman–Crippen MR) is 126 cm³/mol. The number of thioether (sulfide) groups is 1. The van der Waals surface area contributed by atoms with Crippen molar-refractivity contribution >= 4 is 79.6 Å². The van der Waals surface area contributed by atoms with Crippen LogP contribution >= 0.6 is 51.5 Å². The zero-order valence-corrected chi connectivity index (χ0v) is 19.3. The third kappa shape index (κ3) is 5.91. The van der Waals surface area contributed by atoms with E-state index in [0.717, 1.165) is 10.0 Å². The molecule has 1 aliphatic rings. The molecule has 1 saturated heterocycles. The number of carbonyl (C=O) groups excluding carboxylic acids is 3. The van der Waals surface area contributed by atoms with E-state index in [-0.39, 0.29) is 18.9 Å². The number of hydrogen-bond donors (Lipinski definition) is 2. The first-order chi connectivity index (χ1) is 14.3. The van der Waals surface area contributed by atoms with E-state index in [0.29, 0.717) is 19.8 Å². The Morgan fingerprint density at radius 1 is 1.17 bits per heavy atom. The maximum absolute atomic E-state index is 12.6. The molecule has 3 rings (SSSR count). The van der Waals surface area contributed by atoms with Gasteiger partial charge in [0.2, 0.25) is 5.91 Å². The summed E-state index contributed by atoms with van der Waals surface area (Å²) in [4.78, 5) is 38.6. The third-order valence-electron chi connectivity index (χ3n) is 4.00. The molecule has 0 unspecified atom stereocenters. The van der Waals surface area contributed by atoms with Crippen molar-refractivity contribution in [1.29, 1.82) is 0 Å². The first-order valence-corrected chi connectivity index (χ1v) is 11.1. The Hall–Kier alpha value is -2.20. The topological polar surface area (TPSA) is 78.5 Å². The summed E-state index contributed by atoms with van der Waals surface area (Å²) < 4.78 is 1.29. The molecular formula is C20H15BrClN3O3S2. The standard InChI is InChI=1S/C20H15BrClN3O3S2/c21-14-3-1-2-12(10-14)11-16-19(28)25(20(29)30-16)9-8-17(26)23-24-18(27)13-4-6-15(22)7-5-13/h1-7,10-11H,8-9H2,(H,23,26)(H,24,27)/b16-11-. The highest BCUT2D eigenvalue weighted by molar-refractivity contribution is 9.10. The van der Waals surface area contributed by atoms with Gasteiger partial charge in [0.1, 0.15) is 4.32 Å². The molecule has 0 aromatic heterocycles. The molecule has 2 N–H and O–H groups in total. The van der Waals surface area contributed by atoms with Crippen LogP contribution in [0.5, 0.6) is 0 Å². The van der Waals surface area contributed by atoms with Crippen molar-refractivity contribution in [3.8, 4) is 0 Å². The fourth-order valence-corrected chi connectivity index (χ4v) is 4.37. The first-order valence-electron chi connectivity index (χ1n) is 8.69. The van der Waals surface area contributed by atoms with Gasteiger partial charge in [-0.25, -0.2) is 0 Å². The van der Waals surface area contributed by atoms with E-state index in [1.807, 2.05) is 24.3 Å². The lowest BCUT2D eigenvalue weighted by Crippen LogP contribution is -2.43. The van der Waals surface area contributed by atoms with Crippen molar-refractivity contribution in [2.75, 3.05) is 6.54 Å². The second-order valence-electron chi connectivity index (χ2n) is 6.15. The van der Waals surface area contributed by atoms with E-state index in [4.69, 9.17) is 23.8 Å². The minimum Gasteiger partial charge on any atom is -0.292 e. The summed E-state index contributed by atoms with van der Waals surface area (Å²) in [6.45, 7) is 0.114. The van der Waals surface area contributed by atoms with Crippen molar-refractivity contribution in [2.24, 2.45) is 0 Å². The van der Waals surface area contributed by atoms with E-state index < -0.39 is 11.8 Å². The van der Waals surface area contributed by atoms with Crippen LogP contribution in [0.25, 0.3) is 6.08 Å². The van der Waals surface area contributed by atoms with E-state index in [1.54, 1.807) is 30.3 Å². The first kappa shape index (κ1) is 22.5. The molecule has 2 aromatic carbocycles. The molecule has 0 radical (unpaired) electrons. The second kappa shape index (κ2) is 10.2. The Morgan fingerprint density at radius 2 is 1.90 bits per heavy atom. The number of rotatable bonds is 5. The predicted octanol–water partition coefficient (Wildman–Crippen LogP) is 4.16. The number of halogens is 2. The molecule has 154 valence electrons. The summed E-state index contributed by atoms with van der Waals surface area (Å²) in [6.07, 6.45) is 1.74. The lowest BCUT2D eigenvalue weighted by Gasteiger charge is -2.14. The van der Waals surface area contributed by atoms with Gasteiger partial charge in [-0.05, 0) is 48.0 Å². The zero-order chi connectivity index (χ0) is 21.7. The van der Waals surface area contributed by atoms with E-state index in [9.17, 15) is 14.4 Å². The molecule has 0 bridgehead atoms. The summed E-state index contributed by atoms with van der Waals surface area (Å²) in [6, 6.07) is 13.8. The number of nitrogens with one attached hydrogen (secondary N) is 2. The molecule has 0 atom stereocenters. The number of amides is 3. The minimum absolute atomic E-state index is 0.0164. The monoisotopic (exact) mass is 523 g/mol. The van der Waals surface area contributed by atoms with Gasteiger partial charge in [-0.1, -0.05) is 63.6 Å². The highest BCUT2D eigenvalue weighted by Gasteiger charge is 2.32. The summed E-state index contributed by atoms with van der Waals surface area (Å²) in [5.41, 5.74) is 5.87. The van der Waals surface area contributed by atoms with E-state index >= 15 is 0 Å². The normalized spacial score (nSPS) is 14.9. The summed E-state index contributed by atoms with van der Waals surface area (Å²) in [7, 11) is 0. The minimum atomic E-state index is -0.470. The van der Waals surface area contributed by atoms with Gasteiger partial charge in [-0.2, -0.15) is 0 Å². The van der Waals surface area contributed by atoms with Crippen LogP contribution in [0.2, 0.25) is 5.02 Å². The van der Waals surface area contributed by atoms with Gasteiger partial charge in [0.15, 0.2) is 0 Å². The van der Waals surface area contributed by atoms with Crippen LogP contribution in [-0.2, 0) is 9.59 Å². The summed E-state index contributed by atoms with van der Waals surface area (Å²) in [5, 5.41) is 0.507. The van der Waals surface area contributed by atoms with Gasteiger partial charge in [0, 0.05) is 28.0 Å². The van der Waals surface area contributed by atoms with Gasteiger partial charge in [-0.3, -0.25) is 30.1 Å². The van der Waals surface area contributed by atoms with Crippen LogP contribution in [0, 0.1) is 0 Å². The van der Waals surface area contributed by atoms with Crippen LogP contribution in [0.4, 0.5) is 0 Å². The highest BCUT2D eigenvalue weighted by atomic mass is 79.9. The molecule has 10 heteroatoms. The lowest BCUT2D eigenvalue weighted by molar-refractivity contribution is -0.124. The average molecular weight is 525 g/mol. The molecule has 0 saturated carbocycles. The molecule has 0 spiro atoms. The maximum Gasteiger partial charge on any atom is 0.269 e. The molecule has 0 aliphatic carbocycles. The molecule has 1 fully saturated rings. The van der Waals surface area contributed by atoms with Crippen LogP contribution in [0.3, 0.4) is 0 Å². The average Bonchev–Trinajstić information content (AvgIpc) is 2.97. The number of hydrazine groups is 1. The number of carbonyl (C=O) groups is 3. The van der Waals surface area contributed by atoms with Gasteiger partial charge in [0.25, 0.3) is 11.8 Å². The quantitative estimate of drug-likeness (QED) is 0.349. The van der Waals surface area contributed by atoms with Crippen LogP contribution in [0.15, 0.2) is 57.9 Å². The van der Waals surface area contributed by atoms with Gasteiger partial charge < -0.3 is 0 Å². The molecule has 6 nitrogen and oxygen atoms in total. The number of thiocarbonyl (C=S) groups is 1. The second-order valence-corrected chi connectivity index (χ2v) is 9.18. The molecule has 30 heavy (non-hydrogen) atoms. The van der Waals surface area contributed by atoms with E-state index in [2.05, 4.69) is 26.8 Å². The van der Waals surface area contributed by atoms with Gasteiger partial charge in [-0.15, -0.1) is 0 Å². The van der Waals surface area contributed by atoms with Crippen molar-refractivity contribution in [3.63, 3.8) is 0 Å². The fraction of sp³-hybridized carbons (Fsp3) is 0.100.